The van der Waals surface area contributed by atoms with E-state index in [-0.39, 0.29) is 18.2 Å². The van der Waals surface area contributed by atoms with Crippen LogP contribution in [-0.2, 0) is 9.59 Å². The van der Waals surface area contributed by atoms with Gasteiger partial charge in [-0.1, -0.05) is 6.58 Å². The molecule has 1 saturated heterocycles. The number of likely N-dealkylation sites (tertiary alicyclic amines) is 1. The molecule has 1 heterocycles. The number of aliphatic hydroxyl groups excluding tert-OH is 1. The van der Waals surface area contributed by atoms with Gasteiger partial charge in [-0.3, -0.25) is 4.79 Å². The molecule has 5 heteroatoms. The molecule has 2 N–H and O–H groups in total. The number of carboxylic acid groups (broad SMARTS) is 1. The van der Waals surface area contributed by atoms with Crippen molar-refractivity contribution in [2.24, 2.45) is 0 Å². The second-order valence-corrected chi connectivity index (χ2v) is 2.99. The van der Waals surface area contributed by atoms with Gasteiger partial charge in [0.1, 0.15) is 6.73 Å². The summed E-state index contributed by atoms with van der Waals surface area (Å²) in [5.74, 6) is -0.859. The molecule has 0 spiro atoms. The summed E-state index contributed by atoms with van der Waals surface area (Å²) >= 11 is 0. The Labute approximate surface area is 82.6 Å². The van der Waals surface area contributed by atoms with Crippen LogP contribution in [0.5, 0.6) is 0 Å². The summed E-state index contributed by atoms with van der Waals surface area (Å²) in [6.07, 6.45) is 1.51. The third-order valence-corrected chi connectivity index (χ3v) is 1.71. The molecule has 1 amide bonds. The zero-order chi connectivity index (χ0) is 11.1. The maximum atomic E-state index is 10.6. The van der Waals surface area contributed by atoms with Crippen LogP contribution in [0, 0.1) is 0 Å². The van der Waals surface area contributed by atoms with E-state index in [1.165, 1.54) is 11.8 Å². The van der Waals surface area contributed by atoms with Gasteiger partial charge in [0, 0.05) is 18.5 Å². The lowest BCUT2D eigenvalue weighted by atomic mass is 10.4. The van der Waals surface area contributed by atoms with Gasteiger partial charge in [0.15, 0.2) is 0 Å². The number of carbonyl (C=O) groups excluding carboxylic acids is 1. The predicted octanol–water partition coefficient (Wildman–Crippen LogP) is 0.206. The molecule has 80 valence electrons. The van der Waals surface area contributed by atoms with Crippen LogP contribution < -0.4 is 0 Å². The minimum absolute atomic E-state index is 0.0764. The predicted molar refractivity (Wildman–Crippen MR) is 50.5 cm³/mol. The number of carbonyl (C=O) groups is 2. The fourth-order valence-electron chi connectivity index (χ4n) is 0.854. The van der Waals surface area contributed by atoms with Crippen molar-refractivity contribution in [3.63, 3.8) is 0 Å². The highest BCUT2D eigenvalue weighted by Gasteiger charge is 2.17. The fraction of sp³-hybridized carbons (Fsp3) is 0.556. The molecule has 0 bridgehead atoms. The molecule has 0 aromatic heterocycles. The van der Waals surface area contributed by atoms with Crippen LogP contribution in [0.3, 0.4) is 0 Å². The summed E-state index contributed by atoms with van der Waals surface area (Å²) in [5.41, 5.74) is 0.176. The minimum Gasteiger partial charge on any atom is -0.478 e. The van der Waals surface area contributed by atoms with Gasteiger partial charge in [0.25, 0.3) is 0 Å². The van der Waals surface area contributed by atoms with Gasteiger partial charge < -0.3 is 15.1 Å². The van der Waals surface area contributed by atoms with E-state index in [0.717, 1.165) is 13.0 Å². The largest absolute Gasteiger partial charge is 0.478 e. The summed E-state index contributed by atoms with van der Waals surface area (Å²) in [5, 5.41) is 16.3. The SMILES string of the molecule is C=C(C)C(=O)O.O=C1CCCN1CO. The third kappa shape index (κ3) is 4.61. The van der Waals surface area contributed by atoms with Crippen LogP contribution >= 0.6 is 0 Å². The molecule has 0 aromatic carbocycles. The number of aliphatic carboxylic acids is 1. The number of carboxylic acids is 1. The molecule has 0 atom stereocenters. The standard InChI is InChI=1S/C5H9NO2.C4H6O2/c7-4-6-3-1-2-5(6)8;1-3(2)4(5)6/h7H,1-4H2;1H2,2H3,(H,5,6). The maximum Gasteiger partial charge on any atom is 0.330 e. The van der Waals surface area contributed by atoms with Crippen LogP contribution in [0.25, 0.3) is 0 Å². The highest BCUT2D eigenvalue weighted by molar-refractivity contribution is 5.84. The molecule has 1 rings (SSSR count). The topological polar surface area (TPSA) is 77.8 Å². The third-order valence-electron chi connectivity index (χ3n) is 1.71. The molecule has 0 aromatic rings. The Hall–Kier alpha value is -1.36. The smallest absolute Gasteiger partial charge is 0.330 e. The molecule has 1 fully saturated rings. The van der Waals surface area contributed by atoms with Crippen molar-refractivity contribution >= 4 is 11.9 Å². The fourth-order valence-corrected chi connectivity index (χ4v) is 0.854. The van der Waals surface area contributed by atoms with Gasteiger partial charge in [0.2, 0.25) is 5.91 Å². The molecule has 5 nitrogen and oxygen atoms in total. The van der Waals surface area contributed by atoms with Crippen LogP contribution in [-0.4, -0.2) is 40.3 Å². The number of amides is 1. The highest BCUT2D eigenvalue weighted by atomic mass is 16.4. The molecule has 0 unspecified atom stereocenters. The molecule has 0 saturated carbocycles. The first-order valence-electron chi connectivity index (χ1n) is 4.26. The molecule has 0 radical (unpaired) electrons. The number of hydrogen-bond acceptors (Lipinski definition) is 3. The molecule has 1 aliphatic rings. The van der Waals surface area contributed by atoms with Crippen molar-refractivity contribution in [1.29, 1.82) is 0 Å². The van der Waals surface area contributed by atoms with E-state index in [9.17, 15) is 9.59 Å². The van der Waals surface area contributed by atoms with Gasteiger partial charge >= 0.3 is 5.97 Å². The Kier molecular flexibility index (Phi) is 5.55. The van der Waals surface area contributed by atoms with Crippen LogP contribution in [0.2, 0.25) is 0 Å². The normalized spacial score (nSPS) is 14.7. The van der Waals surface area contributed by atoms with Crippen molar-refractivity contribution in [2.45, 2.75) is 19.8 Å². The van der Waals surface area contributed by atoms with Gasteiger partial charge in [-0.05, 0) is 13.3 Å². The second-order valence-electron chi connectivity index (χ2n) is 2.99. The van der Waals surface area contributed by atoms with Gasteiger partial charge in [-0.15, -0.1) is 0 Å². The van der Waals surface area contributed by atoms with E-state index >= 15 is 0 Å². The van der Waals surface area contributed by atoms with E-state index in [4.69, 9.17) is 10.2 Å². The van der Waals surface area contributed by atoms with Crippen LogP contribution in [0.4, 0.5) is 0 Å². The summed E-state index contributed by atoms with van der Waals surface area (Å²) in [7, 11) is 0. The Morgan fingerprint density at radius 2 is 2.14 bits per heavy atom. The molecule has 0 aliphatic carbocycles. The lowest BCUT2D eigenvalue weighted by Gasteiger charge is -2.08. The van der Waals surface area contributed by atoms with E-state index in [1.807, 2.05) is 0 Å². The number of rotatable bonds is 2. The molecule has 1 aliphatic heterocycles. The monoisotopic (exact) mass is 201 g/mol. The first kappa shape index (κ1) is 12.6. The van der Waals surface area contributed by atoms with Crippen molar-refractivity contribution in [2.75, 3.05) is 13.3 Å². The first-order chi connectivity index (χ1) is 6.49. The van der Waals surface area contributed by atoms with Crippen molar-refractivity contribution in [3.05, 3.63) is 12.2 Å². The number of aliphatic hydroxyl groups is 1. The lowest BCUT2D eigenvalue weighted by molar-refractivity contribution is -0.132. The van der Waals surface area contributed by atoms with E-state index < -0.39 is 5.97 Å². The zero-order valence-corrected chi connectivity index (χ0v) is 8.19. The molecule has 14 heavy (non-hydrogen) atoms. The van der Waals surface area contributed by atoms with Gasteiger partial charge in [-0.25, -0.2) is 4.79 Å². The second kappa shape index (κ2) is 6.15. The van der Waals surface area contributed by atoms with E-state index in [2.05, 4.69) is 6.58 Å². The summed E-state index contributed by atoms with van der Waals surface area (Å²) in [6.45, 7) is 5.22. The number of nitrogens with zero attached hydrogens (tertiary/aromatic N) is 1. The van der Waals surface area contributed by atoms with E-state index in [0.29, 0.717) is 6.42 Å². The van der Waals surface area contributed by atoms with Crippen molar-refractivity contribution in [3.8, 4) is 0 Å². The lowest BCUT2D eigenvalue weighted by Crippen LogP contribution is -2.24. The quantitative estimate of drug-likeness (QED) is 0.626. The summed E-state index contributed by atoms with van der Waals surface area (Å²) < 4.78 is 0. The first-order valence-corrected chi connectivity index (χ1v) is 4.26. The maximum absolute atomic E-state index is 10.6. The van der Waals surface area contributed by atoms with E-state index in [1.54, 1.807) is 0 Å². The molecular weight excluding hydrogens is 186 g/mol. The Morgan fingerprint density at radius 3 is 2.29 bits per heavy atom. The number of hydrogen-bond donors (Lipinski definition) is 2. The Morgan fingerprint density at radius 1 is 1.64 bits per heavy atom. The Balaban J connectivity index is 0.000000255. The molecular formula is C9H15NO4. The van der Waals surface area contributed by atoms with Crippen LogP contribution in [0.1, 0.15) is 19.8 Å². The average molecular weight is 201 g/mol. The zero-order valence-electron chi connectivity index (χ0n) is 8.19. The van der Waals surface area contributed by atoms with Gasteiger partial charge in [0.05, 0.1) is 0 Å². The Bertz CT molecular complexity index is 225. The summed E-state index contributed by atoms with van der Waals surface area (Å²) in [6, 6.07) is 0. The van der Waals surface area contributed by atoms with Crippen molar-refractivity contribution < 1.29 is 19.8 Å². The van der Waals surface area contributed by atoms with Crippen molar-refractivity contribution in [1.82, 2.24) is 4.90 Å². The van der Waals surface area contributed by atoms with Gasteiger partial charge in [-0.2, -0.15) is 0 Å². The highest BCUT2D eigenvalue weighted by Crippen LogP contribution is 2.06. The van der Waals surface area contributed by atoms with Crippen LogP contribution in [0.15, 0.2) is 12.2 Å². The average Bonchev–Trinajstić information content (AvgIpc) is 2.51. The minimum atomic E-state index is -0.935. The summed E-state index contributed by atoms with van der Waals surface area (Å²) in [4.78, 5) is 21.6.